The average Bonchev–Trinajstić information content (AvgIpc) is 2.70. The van der Waals surface area contributed by atoms with Crippen molar-refractivity contribution in [1.82, 2.24) is 4.31 Å². The molecule has 0 spiro atoms. The van der Waals surface area contributed by atoms with E-state index >= 15 is 0 Å². The van der Waals surface area contributed by atoms with Gasteiger partial charge in [0.25, 0.3) is 0 Å². The Labute approximate surface area is 163 Å². The Bertz CT molecular complexity index is 931. The Kier molecular flexibility index (Phi) is 6.10. The zero-order chi connectivity index (χ0) is 20.3. The number of nitrogens with zero attached hydrogens (tertiary/aromatic N) is 2. The fourth-order valence-electron chi connectivity index (χ4n) is 3.43. The topological polar surface area (TPSA) is 57.7 Å². The number of carbonyl (C=O) groups is 1. The van der Waals surface area contributed by atoms with Crippen LogP contribution in [-0.2, 0) is 14.8 Å². The number of halogens is 2. The summed E-state index contributed by atoms with van der Waals surface area (Å²) in [7, 11) is -3.80. The summed E-state index contributed by atoms with van der Waals surface area (Å²) in [5.74, 6) is -1.58. The van der Waals surface area contributed by atoms with Crippen LogP contribution in [0.5, 0.6) is 0 Å². The lowest BCUT2D eigenvalue weighted by Crippen LogP contribution is -2.46. The fourth-order valence-corrected chi connectivity index (χ4v) is 4.95. The molecule has 8 heteroatoms. The zero-order valence-corrected chi connectivity index (χ0v) is 16.3. The number of hydrogen-bond acceptors (Lipinski definition) is 3. The predicted octanol–water partition coefficient (Wildman–Crippen LogP) is 3.42. The molecular weight excluding hydrogens is 386 g/mol. The molecule has 0 aromatic heterocycles. The number of anilines is 1. The summed E-state index contributed by atoms with van der Waals surface area (Å²) in [5, 5.41) is 0. The van der Waals surface area contributed by atoms with Gasteiger partial charge in [-0.2, -0.15) is 4.31 Å². The van der Waals surface area contributed by atoms with Crippen molar-refractivity contribution in [1.29, 1.82) is 0 Å². The summed E-state index contributed by atoms with van der Waals surface area (Å²) in [5.41, 5.74) is 0.576. The highest BCUT2D eigenvalue weighted by Gasteiger charge is 2.35. The molecule has 1 fully saturated rings. The summed E-state index contributed by atoms with van der Waals surface area (Å²) >= 11 is 0. The van der Waals surface area contributed by atoms with Crippen LogP contribution < -0.4 is 4.90 Å². The first-order valence-corrected chi connectivity index (χ1v) is 10.6. The number of benzene rings is 2. The summed E-state index contributed by atoms with van der Waals surface area (Å²) < 4.78 is 53.3. The van der Waals surface area contributed by atoms with Gasteiger partial charge >= 0.3 is 0 Å². The monoisotopic (exact) mass is 408 g/mol. The molecule has 1 heterocycles. The van der Waals surface area contributed by atoms with E-state index in [9.17, 15) is 22.0 Å². The predicted molar refractivity (Wildman–Crippen MR) is 102 cm³/mol. The van der Waals surface area contributed by atoms with E-state index in [1.165, 1.54) is 45.6 Å². The van der Waals surface area contributed by atoms with E-state index in [1.54, 1.807) is 0 Å². The van der Waals surface area contributed by atoms with Crippen molar-refractivity contribution < 1.29 is 22.0 Å². The van der Waals surface area contributed by atoms with Crippen LogP contribution in [0.15, 0.2) is 53.4 Å². The average molecular weight is 408 g/mol. The maximum atomic E-state index is 13.2. The van der Waals surface area contributed by atoms with Crippen molar-refractivity contribution in [2.75, 3.05) is 24.5 Å². The minimum atomic E-state index is -3.80. The van der Waals surface area contributed by atoms with E-state index in [2.05, 4.69) is 0 Å². The highest BCUT2D eigenvalue weighted by atomic mass is 32.2. The lowest BCUT2D eigenvalue weighted by atomic mass is 9.97. The van der Waals surface area contributed by atoms with E-state index in [0.717, 1.165) is 12.1 Å². The minimum absolute atomic E-state index is 0.00730. The van der Waals surface area contributed by atoms with Gasteiger partial charge in [-0.1, -0.05) is 0 Å². The second-order valence-corrected chi connectivity index (χ2v) is 8.65. The molecule has 5 nitrogen and oxygen atoms in total. The summed E-state index contributed by atoms with van der Waals surface area (Å²) in [6.45, 7) is 2.59. The van der Waals surface area contributed by atoms with Crippen LogP contribution in [0.1, 0.15) is 19.8 Å². The highest BCUT2D eigenvalue weighted by Crippen LogP contribution is 2.27. The third kappa shape index (κ3) is 4.23. The van der Waals surface area contributed by atoms with Crippen LogP contribution in [-0.4, -0.2) is 38.3 Å². The molecule has 1 aliphatic rings. The Morgan fingerprint density at radius 2 is 1.64 bits per heavy atom. The molecule has 1 aliphatic heterocycles. The largest absolute Gasteiger partial charge is 0.312 e. The molecule has 0 aliphatic carbocycles. The van der Waals surface area contributed by atoms with Crippen LogP contribution in [0, 0.1) is 17.6 Å². The summed E-state index contributed by atoms with van der Waals surface area (Å²) in [6.07, 6.45) is 1.13. The highest BCUT2D eigenvalue weighted by molar-refractivity contribution is 7.89. The third-order valence-electron chi connectivity index (χ3n) is 4.91. The molecule has 0 radical (unpaired) electrons. The van der Waals surface area contributed by atoms with Crippen molar-refractivity contribution in [2.45, 2.75) is 24.7 Å². The number of hydrogen-bond donors (Lipinski definition) is 0. The Morgan fingerprint density at radius 3 is 2.21 bits per heavy atom. The SMILES string of the molecule is CCN(C(=O)C1CCCN(S(=O)(=O)c2ccc(F)cc2)C1)c1ccc(F)cc1. The second kappa shape index (κ2) is 8.36. The summed E-state index contributed by atoms with van der Waals surface area (Å²) in [6, 6.07) is 10.3. The van der Waals surface area contributed by atoms with Gasteiger partial charge in [-0.05, 0) is 68.3 Å². The van der Waals surface area contributed by atoms with Crippen LogP contribution >= 0.6 is 0 Å². The van der Waals surface area contributed by atoms with Crippen LogP contribution in [0.25, 0.3) is 0 Å². The maximum Gasteiger partial charge on any atom is 0.243 e. The van der Waals surface area contributed by atoms with Gasteiger partial charge in [0.1, 0.15) is 11.6 Å². The normalized spacial score (nSPS) is 18.0. The molecule has 150 valence electrons. The Balaban J connectivity index is 1.79. The minimum Gasteiger partial charge on any atom is -0.312 e. The maximum absolute atomic E-state index is 13.2. The van der Waals surface area contributed by atoms with E-state index in [-0.39, 0.29) is 23.2 Å². The van der Waals surface area contributed by atoms with Gasteiger partial charge in [-0.3, -0.25) is 4.79 Å². The van der Waals surface area contributed by atoms with Gasteiger partial charge < -0.3 is 4.90 Å². The van der Waals surface area contributed by atoms with Gasteiger partial charge in [0, 0.05) is 25.3 Å². The molecule has 0 saturated carbocycles. The molecule has 0 N–H and O–H groups in total. The first-order chi connectivity index (χ1) is 13.3. The molecule has 3 rings (SSSR count). The van der Waals surface area contributed by atoms with Gasteiger partial charge in [-0.25, -0.2) is 17.2 Å². The van der Waals surface area contributed by atoms with Crippen LogP contribution in [0.2, 0.25) is 0 Å². The number of piperidine rings is 1. The first-order valence-electron chi connectivity index (χ1n) is 9.15. The molecular formula is C20H22F2N2O3S. The lowest BCUT2D eigenvalue weighted by molar-refractivity contribution is -0.123. The van der Waals surface area contributed by atoms with Crippen molar-refractivity contribution >= 4 is 21.6 Å². The smallest absolute Gasteiger partial charge is 0.243 e. The number of sulfonamides is 1. The molecule has 1 unspecified atom stereocenters. The van der Waals surface area contributed by atoms with Gasteiger partial charge in [0.15, 0.2) is 0 Å². The first kappa shape index (κ1) is 20.4. The Morgan fingerprint density at radius 1 is 1.07 bits per heavy atom. The van der Waals surface area contributed by atoms with E-state index in [1.807, 2.05) is 6.92 Å². The number of amides is 1. The zero-order valence-electron chi connectivity index (χ0n) is 15.5. The van der Waals surface area contributed by atoms with Crippen LogP contribution in [0.3, 0.4) is 0 Å². The van der Waals surface area contributed by atoms with Crippen molar-refractivity contribution in [3.8, 4) is 0 Å². The number of carbonyl (C=O) groups excluding carboxylic acids is 1. The van der Waals surface area contributed by atoms with Crippen molar-refractivity contribution in [2.24, 2.45) is 5.92 Å². The third-order valence-corrected chi connectivity index (χ3v) is 6.78. The molecule has 2 aromatic rings. The molecule has 0 bridgehead atoms. The molecule has 28 heavy (non-hydrogen) atoms. The molecule has 2 aromatic carbocycles. The fraction of sp³-hybridized carbons (Fsp3) is 0.350. The number of rotatable bonds is 5. The molecule has 1 saturated heterocycles. The van der Waals surface area contributed by atoms with Crippen molar-refractivity contribution in [3.05, 3.63) is 60.2 Å². The van der Waals surface area contributed by atoms with Gasteiger partial charge in [0.2, 0.25) is 15.9 Å². The summed E-state index contributed by atoms with van der Waals surface area (Å²) in [4.78, 5) is 14.6. The molecule has 1 atom stereocenters. The standard InChI is InChI=1S/C20H22F2N2O3S/c1-2-24(18-9-5-16(21)6-10-18)20(25)15-4-3-13-23(14-15)28(26,27)19-11-7-17(22)8-12-19/h5-12,15H,2-4,13-14H2,1H3. The van der Waals surface area contributed by atoms with E-state index in [4.69, 9.17) is 0 Å². The van der Waals surface area contributed by atoms with Gasteiger partial charge in [-0.15, -0.1) is 0 Å². The Hall–Kier alpha value is -2.32. The van der Waals surface area contributed by atoms with Crippen molar-refractivity contribution in [3.63, 3.8) is 0 Å². The van der Waals surface area contributed by atoms with E-state index in [0.29, 0.717) is 31.6 Å². The molecule has 1 amide bonds. The lowest BCUT2D eigenvalue weighted by Gasteiger charge is -2.34. The quantitative estimate of drug-likeness (QED) is 0.762. The van der Waals surface area contributed by atoms with Crippen LogP contribution in [0.4, 0.5) is 14.5 Å². The van der Waals surface area contributed by atoms with E-state index < -0.39 is 21.8 Å². The van der Waals surface area contributed by atoms with Gasteiger partial charge in [0.05, 0.1) is 10.8 Å². The second-order valence-electron chi connectivity index (χ2n) is 6.72.